The molecule has 1 aliphatic rings. The molecule has 8 heteroatoms. The number of amides is 2. The summed E-state index contributed by atoms with van der Waals surface area (Å²) in [6.07, 6.45) is 1.41. The highest BCUT2D eigenvalue weighted by atomic mass is 16.2. The lowest BCUT2D eigenvalue weighted by Crippen LogP contribution is -2.44. The molecule has 1 saturated heterocycles. The molecule has 2 heterocycles. The van der Waals surface area contributed by atoms with Crippen LogP contribution in [0.15, 0.2) is 0 Å². The third-order valence-electron chi connectivity index (χ3n) is 3.48. The molecule has 0 spiro atoms. The average Bonchev–Trinajstić information content (AvgIpc) is 2.97. The summed E-state index contributed by atoms with van der Waals surface area (Å²) < 4.78 is 0. The number of carbonyl (C=O) groups is 2. The lowest BCUT2D eigenvalue weighted by molar-refractivity contribution is -0.138. The Balaban J connectivity index is 1.75. The Labute approximate surface area is 117 Å². The van der Waals surface area contributed by atoms with Crippen molar-refractivity contribution in [3.63, 3.8) is 0 Å². The molecule has 0 aliphatic carbocycles. The molecule has 1 aliphatic heterocycles. The Morgan fingerprint density at radius 1 is 1.40 bits per heavy atom. The van der Waals surface area contributed by atoms with Gasteiger partial charge in [0.1, 0.15) is 0 Å². The summed E-state index contributed by atoms with van der Waals surface area (Å²) in [6, 6.07) is 0. The molecule has 20 heavy (non-hydrogen) atoms. The molecule has 8 nitrogen and oxygen atoms in total. The smallest absolute Gasteiger partial charge is 0.225 e. The molecule has 110 valence electrons. The van der Waals surface area contributed by atoms with Gasteiger partial charge in [-0.2, -0.15) is 5.21 Å². The Hall–Kier alpha value is -1.99. The first-order chi connectivity index (χ1) is 9.58. The normalized spacial score (nSPS) is 16.4. The molecule has 2 rings (SSSR count). The molecule has 0 aromatic carbocycles. The number of aromatic nitrogens is 4. The van der Waals surface area contributed by atoms with E-state index in [0.29, 0.717) is 31.8 Å². The third-order valence-corrected chi connectivity index (χ3v) is 3.48. The molecule has 0 atom stereocenters. The van der Waals surface area contributed by atoms with Gasteiger partial charge in [0.05, 0.1) is 6.54 Å². The summed E-state index contributed by atoms with van der Waals surface area (Å²) in [6.45, 7) is 5.37. The second-order valence-corrected chi connectivity index (χ2v) is 5.30. The van der Waals surface area contributed by atoms with E-state index in [1.54, 1.807) is 0 Å². The van der Waals surface area contributed by atoms with E-state index in [-0.39, 0.29) is 30.2 Å². The van der Waals surface area contributed by atoms with Gasteiger partial charge in [0.2, 0.25) is 11.8 Å². The third kappa shape index (κ3) is 3.52. The van der Waals surface area contributed by atoms with E-state index in [2.05, 4.69) is 25.9 Å². The van der Waals surface area contributed by atoms with E-state index in [1.807, 2.05) is 18.7 Å². The van der Waals surface area contributed by atoms with Crippen LogP contribution in [0.5, 0.6) is 0 Å². The predicted molar refractivity (Wildman–Crippen MR) is 70.2 cm³/mol. The molecule has 0 radical (unpaired) electrons. The molecule has 1 fully saturated rings. The number of hydrogen-bond acceptors (Lipinski definition) is 5. The van der Waals surface area contributed by atoms with Crippen LogP contribution in [0.1, 0.15) is 32.5 Å². The van der Waals surface area contributed by atoms with Crippen LogP contribution in [0.25, 0.3) is 0 Å². The zero-order valence-electron chi connectivity index (χ0n) is 11.8. The quantitative estimate of drug-likeness (QED) is 0.788. The van der Waals surface area contributed by atoms with E-state index in [9.17, 15) is 9.59 Å². The van der Waals surface area contributed by atoms with Gasteiger partial charge < -0.3 is 10.2 Å². The maximum absolute atomic E-state index is 12.0. The van der Waals surface area contributed by atoms with Gasteiger partial charge in [-0.05, 0) is 12.8 Å². The standard InChI is InChI=1S/C12H20N6O2/c1-8(2)12(20)18-5-3-9(4-6-18)11(19)13-7-10-14-16-17-15-10/h8-9H,3-7H2,1-2H3,(H,13,19)(H,14,15,16,17). The topological polar surface area (TPSA) is 104 Å². The Morgan fingerprint density at radius 3 is 2.65 bits per heavy atom. The molecular formula is C12H20N6O2. The van der Waals surface area contributed by atoms with Gasteiger partial charge >= 0.3 is 0 Å². The van der Waals surface area contributed by atoms with Crippen LogP contribution < -0.4 is 5.32 Å². The Bertz CT molecular complexity index is 451. The number of nitrogens with zero attached hydrogens (tertiary/aromatic N) is 4. The van der Waals surface area contributed by atoms with Gasteiger partial charge in [0, 0.05) is 24.9 Å². The van der Waals surface area contributed by atoms with Crippen molar-refractivity contribution >= 4 is 11.8 Å². The lowest BCUT2D eigenvalue weighted by atomic mass is 9.95. The molecule has 0 bridgehead atoms. The van der Waals surface area contributed by atoms with Crippen LogP contribution in [-0.4, -0.2) is 50.4 Å². The summed E-state index contributed by atoms with van der Waals surface area (Å²) >= 11 is 0. The van der Waals surface area contributed by atoms with E-state index in [1.165, 1.54) is 0 Å². The van der Waals surface area contributed by atoms with E-state index < -0.39 is 0 Å². The van der Waals surface area contributed by atoms with Crippen molar-refractivity contribution in [3.05, 3.63) is 5.82 Å². The van der Waals surface area contributed by atoms with Crippen molar-refractivity contribution in [1.29, 1.82) is 0 Å². The van der Waals surface area contributed by atoms with E-state index in [4.69, 9.17) is 0 Å². The van der Waals surface area contributed by atoms with Crippen molar-refractivity contribution < 1.29 is 9.59 Å². The van der Waals surface area contributed by atoms with Crippen molar-refractivity contribution in [3.8, 4) is 0 Å². The van der Waals surface area contributed by atoms with Gasteiger partial charge in [-0.25, -0.2) is 0 Å². The van der Waals surface area contributed by atoms with Crippen LogP contribution >= 0.6 is 0 Å². The number of likely N-dealkylation sites (tertiary alicyclic amines) is 1. The minimum absolute atomic E-state index is 0.00792. The van der Waals surface area contributed by atoms with Crippen molar-refractivity contribution in [1.82, 2.24) is 30.8 Å². The first-order valence-electron chi connectivity index (χ1n) is 6.86. The first-order valence-corrected chi connectivity index (χ1v) is 6.86. The second-order valence-electron chi connectivity index (χ2n) is 5.30. The number of carbonyl (C=O) groups excluding carboxylic acids is 2. The Morgan fingerprint density at radius 2 is 2.10 bits per heavy atom. The van der Waals surface area contributed by atoms with Crippen LogP contribution in [0.4, 0.5) is 0 Å². The highest BCUT2D eigenvalue weighted by Gasteiger charge is 2.28. The number of rotatable bonds is 4. The first kappa shape index (κ1) is 14.4. The zero-order chi connectivity index (χ0) is 14.5. The molecule has 1 aromatic rings. The average molecular weight is 280 g/mol. The summed E-state index contributed by atoms with van der Waals surface area (Å²) in [4.78, 5) is 25.7. The maximum atomic E-state index is 12.0. The number of H-pyrrole nitrogens is 1. The minimum Gasteiger partial charge on any atom is -0.348 e. The summed E-state index contributed by atoms with van der Waals surface area (Å²) in [5.41, 5.74) is 0. The number of tetrazole rings is 1. The number of piperidine rings is 1. The van der Waals surface area contributed by atoms with Gasteiger partial charge in [0.25, 0.3) is 0 Å². The highest BCUT2D eigenvalue weighted by molar-refractivity contribution is 5.80. The van der Waals surface area contributed by atoms with Crippen molar-refractivity contribution in [2.75, 3.05) is 13.1 Å². The Kier molecular flexibility index (Phi) is 4.65. The number of nitrogens with one attached hydrogen (secondary N) is 2. The van der Waals surface area contributed by atoms with E-state index >= 15 is 0 Å². The van der Waals surface area contributed by atoms with Gasteiger partial charge in [-0.1, -0.05) is 19.1 Å². The summed E-state index contributed by atoms with van der Waals surface area (Å²) in [5.74, 6) is 0.588. The monoisotopic (exact) mass is 280 g/mol. The minimum atomic E-state index is -0.0434. The number of hydrogen-bond donors (Lipinski definition) is 2. The summed E-state index contributed by atoms with van der Waals surface area (Å²) in [7, 11) is 0. The molecule has 0 saturated carbocycles. The molecular weight excluding hydrogens is 260 g/mol. The predicted octanol–water partition coefficient (Wildman–Crippen LogP) is -0.289. The van der Waals surface area contributed by atoms with Crippen LogP contribution in [-0.2, 0) is 16.1 Å². The van der Waals surface area contributed by atoms with Gasteiger partial charge in [-0.15, -0.1) is 10.2 Å². The largest absolute Gasteiger partial charge is 0.348 e. The van der Waals surface area contributed by atoms with Gasteiger partial charge in [0.15, 0.2) is 5.82 Å². The molecule has 1 aromatic heterocycles. The van der Waals surface area contributed by atoms with Crippen LogP contribution in [0.2, 0.25) is 0 Å². The van der Waals surface area contributed by atoms with Gasteiger partial charge in [-0.3, -0.25) is 9.59 Å². The summed E-state index contributed by atoms with van der Waals surface area (Å²) in [5, 5.41) is 16.1. The van der Waals surface area contributed by atoms with Crippen molar-refractivity contribution in [2.24, 2.45) is 11.8 Å². The van der Waals surface area contributed by atoms with E-state index in [0.717, 1.165) is 0 Å². The molecule has 0 unspecified atom stereocenters. The van der Waals surface area contributed by atoms with Crippen LogP contribution in [0.3, 0.4) is 0 Å². The molecule has 2 amide bonds. The van der Waals surface area contributed by atoms with Crippen LogP contribution in [0, 0.1) is 11.8 Å². The SMILES string of the molecule is CC(C)C(=O)N1CCC(C(=O)NCc2nn[nH]n2)CC1. The fraction of sp³-hybridized carbons (Fsp3) is 0.750. The highest BCUT2D eigenvalue weighted by Crippen LogP contribution is 2.19. The second kappa shape index (κ2) is 6.44. The molecule has 2 N–H and O–H groups in total. The fourth-order valence-electron chi connectivity index (χ4n) is 2.30. The lowest BCUT2D eigenvalue weighted by Gasteiger charge is -2.32. The maximum Gasteiger partial charge on any atom is 0.225 e. The number of aromatic amines is 1. The van der Waals surface area contributed by atoms with Crippen molar-refractivity contribution in [2.45, 2.75) is 33.2 Å². The zero-order valence-corrected chi connectivity index (χ0v) is 11.8. The fourth-order valence-corrected chi connectivity index (χ4v) is 2.30.